The van der Waals surface area contributed by atoms with Crippen molar-refractivity contribution in [2.24, 2.45) is 11.3 Å². The first-order valence-electron chi connectivity index (χ1n) is 10.5. The smallest absolute Gasteiger partial charge is 0.381 e. The second-order valence-corrected chi connectivity index (χ2v) is 8.74. The Labute approximate surface area is 174 Å². The summed E-state index contributed by atoms with van der Waals surface area (Å²) in [6, 6.07) is 2.01. The Morgan fingerprint density at radius 3 is 2.57 bits per heavy atom. The predicted octanol–water partition coefficient (Wildman–Crippen LogP) is 2.97. The van der Waals surface area contributed by atoms with Crippen molar-refractivity contribution in [2.75, 3.05) is 13.2 Å². The Kier molecular flexibility index (Phi) is 6.91. The average molecular weight is 429 g/mol. The summed E-state index contributed by atoms with van der Waals surface area (Å²) in [6.45, 7) is 5.35. The van der Waals surface area contributed by atoms with Crippen LogP contribution in [0.25, 0.3) is 0 Å². The van der Waals surface area contributed by atoms with E-state index >= 15 is 0 Å². The summed E-state index contributed by atoms with van der Waals surface area (Å²) in [4.78, 5) is 27.1. The van der Waals surface area contributed by atoms with Gasteiger partial charge in [0.05, 0.1) is 17.5 Å². The lowest BCUT2D eigenvalue weighted by Gasteiger charge is -2.33. The van der Waals surface area contributed by atoms with Crippen LogP contribution in [0.1, 0.15) is 57.2 Å². The SMILES string of the molecule is CC(C)[C@@]1(C(=O)NCc2cc(C(F)(F)F)cc(=O)[nH]2)CC[C@H](NC2CCOCC2)C1. The Bertz CT molecular complexity index is 803. The molecule has 0 unspecified atom stereocenters. The maximum atomic E-state index is 13.1. The van der Waals surface area contributed by atoms with Crippen molar-refractivity contribution in [3.05, 3.63) is 33.7 Å². The molecule has 1 aliphatic heterocycles. The van der Waals surface area contributed by atoms with Gasteiger partial charge in [-0.25, -0.2) is 0 Å². The molecule has 168 valence electrons. The van der Waals surface area contributed by atoms with Gasteiger partial charge in [-0.3, -0.25) is 9.59 Å². The highest BCUT2D eigenvalue weighted by molar-refractivity contribution is 5.83. The van der Waals surface area contributed by atoms with Gasteiger partial charge in [-0.15, -0.1) is 0 Å². The van der Waals surface area contributed by atoms with Crippen LogP contribution >= 0.6 is 0 Å². The van der Waals surface area contributed by atoms with Crippen molar-refractivity contribution in [2.45, 2.75) is 70.8 Å². The number of carbonyl (C=O) groups is 1. The number of carbonyl (C=O) groups excluding carboxylic acids is 1. The molecular weight excluding hydrogens is 399 g/mol. The lowest BCUT2D eigenvalue weighted by atomic mass is 9.74. The van der Waals surface area contributed by atoms with E-state index in [0.29, 0.717) is 18.5 Å². The van der Waals surface area contributed by atoms with Crippen molar-refractivity contribution < 1.29 is 22.7 Å². The minimum absolute atomic E-state index is 0.0389. The van der Waals surface area contributed by atoms with Crippen molar-refractivity contribution in [3.8, 4) is 0 Å². The van der Waals surface area contributed by atoms with Gasteiger partial charge in [0.25, 0.3) is 0 Å². The number of rotatable bonds is 6. The number of nitrogens with one attached hydrogen (secondary N) is 3. The van der Waals surface area contributed by atoms with E-state index in [0.717, 1.165) is 45.0 Å². The first-order valence-corrected chi connectivity index (χ1v) is 10.5. The summed E-state index contributed by atoms with van der Waals surface area (Å²) in [5.74, 6) is -0.0911. The van der Waals surface area contributed by atoms with Crippen LogP contribution in [0.15, 0.2) is 16.9 Å². The Balaban J connectivity index is 1.65. The van der Waals surface area contributed by atoms with Gasteiger partial charge in [-0.2, -0.15) is 13.2 Å². The zero-order valence-electron chi connectivity index (χ0n) is 17.4. The van der Waals surface area contributed by atoms with Gasteiger partial charge in [0.15, 0.2) is 0 Å². The molecule has 3 N–H and O–H groups in total. The van der Waals surface area contributed by atoms with E-state index in [1.807, 2.05) is 13.8 Å². The quantitative estimate of drug-likeness (QED) is 0.649. The second-order valence-electron chi connectivity index (χ2n) is 8.74. The molecule has 1 aliphatic carbocycles. The second kappa shape index (κ2) is 9.09. The number of hydrogen-bond acceptors (Lipinski definition) is 4. The summed E-state index contributed by atoms with van der Waals surface area (Å²) in [6.07, 6.45) is -0.409. The van der Waals surface area contributed by atoms with E-state index in [4.69, 9.17) is 4.74 Å². The molecular formula is C21H30F3N3O3. The highest BCUT2D eigenvalue weighted by Gasteiger charge is 2.47. The van der Waals surface area contributed by atoms with Gasteiger partial charge in [0.1, 0.15) is 0 Å². The number of aromatic amines is 1. The van der Waals surface area contributed by atoms with Crippen LogP contribution in [0, 0.1) is 11.3 Å². The largest absolute Gasteiger partial charge is 0.416 e. The third kappa shape index (κ3) is 5.24. The maximum Gasteiger partial charge on any atom is 0.416 e. The normalized spacial score (nSPS) is 25.6. The van der Waals surface area contributed by atoms with E-state index < -0.39 is 22.7 Å². The highest BCUT2D eigenvalue weighted by Crippen LogP contribution is 2.45. The molecule has 2 heterocycles. The topological polar surface area (TPSA) is 83.2 Å². The Morgan fingerprint density at radius 1 is 1.23 bits per heavy atom. The minimum atomic E-state index is -4.61. The van der Waals surface area contributed by atoms with Gasteiger partial charge in [-0.1, -0.05) is 13.8 Å². The summed E-state index contributed by atoms with van der Waals surface area (Å²) in [7, 11) is 0. The number of halogens is 3. The van der Waals surface area contributed by atoms with E-state index in [1.54, 1.807) is 0 Å². The molecule has 9 heteroatoms. The van der Waals surface area contributed by atoms with Crippen LogP contribution in [-0.2, 0) is 22.3 Å². The summed E-state index contributed by atoms with van der Waals surface area (Å²) in [5, 5.41) is 6.42. The van der Waals surface area contributed by atoms with Crippen LogP contribution in [-0.4, -0.2) is 36.2 Å². The number of hydrogen-bond donors (Lipinski definition) is 3. The minimum Gasteiger partial charge on any atom is -0.381 e. The number of ether oxygens (including phenoxy) is 1. The third-order valence-electron chi connectivity index (χ3n) is 6.47. The van der Waals surface area contributed by atoms with Gasteiger partial charge < -0.3 is 20.4 Å². The summed E-state index contributed by atoms with van der Waals surface area (Å²) < 4.78 is 44.2. The zero-order chi connectivity index (χ0) is 21.9. The van der Waals surface area contributed by atoms with Crippen LogP contribution in [0.3, 0.4) is 0 Å². The molecule has 2 fully saturated rings. The van der Waals surface area contributed by atoms with E-state index in [2.05, 4.69) is 15.6 Å². The molecule has 2 atom stereocenters. The molecule has 2 aliphatic rings. The fourth-order valence-corrected chi connectivity index (χ4v) is 4.62. The van der Waals surface area contributed by atoms with E-state index in [-0.39, 0.29) is 30.1 Å². The van der Waals surface area contributed by atoms with Crippen molar-refractivity contribution in [3.63, 3.8) is 0 Å². The molecule has 1 aromatic heterocycles. The molecule has 1 aromatic rings. The third-order valence-corrected chi connectivity index (χ3v) is 6.47. The van der Waals surface area contributed by atoms with Gasteiger partial charge in [0, 0.05) is 37.1 Å². The number of amides is 1. The summed E-state index contributed by atoms with van der Waals surface area (Å²) in [5.41, 5.74) is -2.40. The van der Waals surface area contributed by atoms with Crippen molar-refractivity contribution in [1.82, 2.24) is 15.6 Å². The Morgan fingerprint density at radius 2 is 1.93 bits per heavy atom. The fourth-order valence-electron chi connectivity index (χ4n) is 4.62. The van der Waals surface area contributed by atoms with Gasteiger partial charge >= 0.3 is 6.18 Å². The van der Waals surface area contributed by atoms with Gasteiger partial charge in [-0.05, 0) is 44.1 Å². The summed E-state index contributed by atoms with van der Waals surface area (Å²) >= 11 is 0. The number of alkyl halides is 3. The van der Waals surface area contributed by atoms with Crippen LogP contribution in [0.2, 0.25) is 0 Å². The molecule has 1 saturated heterocycles. The highest BCUT2D eigenvalue weighted by atomic mass is 19.4. The van der Waals surface area contributed by atoms with Gasteiger partial charge in [0.2, 0.25) is 11.5 Å². The number of pyridine rings is 1. The van der Waals surface area contributed by atoms with Crippen LogP contribution < -0.4 is 16.2 Å². The fraction of sp³-hybridized carbons (Fsp3) is 0.714. The van der Waals surface area contributed by atoms with Crippen molar-refractivity contribution >= 4 is 5.91 Å². The number of H-pyrrole nitrogens is 1. The van der Waals surface area contributed by atoms with Crippen LogP contribution in [0.5, 0.6) is 0 Å². The molecule has 0 aromatic carbocycles. The maximum absolute atomic E-state index is 13.1. The molecule has 6 nitrogen and oxygen atoms in total. The molecule has 0 radical (unpaired) electrons. The number of aromatic nitrogens is 1. The predicted molar refractivity (Wildman–Crippen MR) is 106 cm³/mol. The average Bonchev–Trinajstić information content (AvgIpc) is 3.11. The first kappa shape index (κ1) is 22.8. The molecule has 0 spiro atoms. The van der Waals surface area contributed by atoms with Crippen molar-refractivity contribution in [1.29, 1.82) is 0 Å². The monoisotopic (exact) mass is 429 g/mol. The first-order chi connectivity index (χ1) is 14.1. The van der Waals surface area contributed by atoms with E-state index in [9.17, 15) is 22.8 Å². The molecule has 3 rings (SSSR count). The standard InChI is InChI=1S/C21H30F3N3O3/c1-13(2)20(6-3-16(11-20)26-15-4-7-30-8-5-15)19(29)25-12-17-9-14(21(22,23)24)10-18(28)27-17/h9-10,13,15-16,26H,3-8,11-12H2,1-2H3,(H,25,29)(H,27,28)/t16-,20+/m0/s1. The molecule has 1 amide bonds. The lowest BCUT2D eigenvalue weighted by Crippen LogP contribution is -2.45. The zero-order valence-corrected chi connectivity index (χ0v) is 17.4. The molecule has 30 heavy (non-hydrogen) atoms. The Hall–Kier alpha value is -1.87. The molecule has 1 saturated carbocycles. The lowest BCUT2D eigenvalue weighted by molar-refractivity contribution is -0.137. The molecule has 0 bridgehead atoms. The van der Waals surface area contributed by atoms with Crippen LogP contribution in [0.4, 0.5) is 13.2 Å². The van der Waals surface area contributed by atoms with E-state index in [1.165, 1.54) is 0 Å².